The summed E-state index contributed by atoms with van der Waals surface area (Å²) in [7, 11) is 0. The molecule has 1 unspecified atom stereocenters. The molecule has 2 N–H and O–H groups in total. The zero-order valence-electron chi connectivity index (χ0n) is 13.3. The molecule has 124 valence electrons. The zero-order valence-corrected chi connectivity index (χ0v) is 14.1. The fraction of sp³-hybridized carbons (Fsp3) is 0.353. The number of nitrogens with zero attached hydrogens (tertiary/aromatic N) is 4. The molecule has 2 aromatic heterocycles. The fourth-order valence-corrected chi connectivity index (χ4v) is 3.83. The Morgan fingerprint density at radius 1 is 1.21 bits per heavy atom. The predicted octanol–water partition coefficient (Wildman–Crippen LogP) is 3.07. The van der Waals surface area contributed by atoms with Gasteiger partial charge in [-0.1, -0.05) is 36.0 Å². The average molecular weight is 341 g/mol. The molecule has 0 spiro atoms. The summed E-state index contributed by atoms with van der Waals surface area (Å²) in [6.07, 6.45) is 4.98. The number of nitrogens with two attached hydrogens (primary N) is 1. The van der Waals surface area contributed by atoms with Crippen LogP contribution in [-0.2, 0) is 10.5 Å². The molecule has 24 heavy (non-hydrogen) atoms. The summed E-state index contributed by atoms with van der Waals surface area (Å²) in [6, 6.07) is 10.2. The SMILES string of the molecule is Nn1c(SCc2cccc3cccnc23)nnc1C1CCCCO1. The Labute approximate surface area is 144 Å². The summed E-state index contributed by atoms with van der Waals surface area (Å²) in [5.74, 6) is 7.65. The van der Waals surface area contributed by atoms with Crippen molar-refractivity contribution in [1.82, 2.24) is 19.9 Å². The van der Waals surface area contributed by atoms with E-state index in [1.807, 2.05) is 18.3 Å². The van der Waals surface area contributed by atoms with Crippen molar-refractivity contribution in [3.8, 4) is 0 Å². The van der Waals surface area contributed by atoms with Gasteiger partial charge in [0.05, 0.1) is 5.52 Å². The van der Waals surface area contributed by atoms with Crippen molar-refractivity contribution in [2.24, 2.45) is 0 Å². The molecule has 3 heterocycles. The van der Waals surface area contributed by atoms with Crippen LogP contribution in [0.4, 0.5) is 0 Å². The Morgan fingerprint density at radius 2 is 2.12 bits per heavy atom. The Hall–Kier alpha value is -2.12. The van der Waals surface area contributed by atoms with Gasteiger partial charge in [0.2, 0.25) is 5.16 Å². The summed E-state index contributed by atoms with van der Waals surface area (Å²) >= 11 is 1.57. The molecule has 0 aliphatic carbocycles. The zero-order chi connectivity index (χ0) is 16.4. The van der Waals surface area contributed by atoms with Crippen LogP contribution >= 0.6 is 11.8 Å². The van der Waals surface area contributed by atoms with Crippen molar-refractivity contribution in [3.05, 3.63) is 47.9 Å². The van der Waals surface area contributed by atoms with Gasteiger partial charge in [0.25, 0.3) is 0 Å². The summed E-state index contributed by atoms with van der Waals surface area (Å²) in [6.45, 7) is 0.766. The van der Waals surface area contributed by atoms with Crippen LogP contribution in [0.25, 0.3) is 10.9 Å². The summed E-state index contributed by atoms with van der Waals surface area (Å²) in [4.78, 5) is 4.49. The lowest BCUT2D eigenvalue weighted by Crippen LogP contribution is -2.21. The normalized spacial score (nSPS) is 18.1. The molecule has 7 heteroatoms. The molecule has 6 nitrogen and oxygen atoms in total. The quantitative estimate of drug-likeness (QED) is 0.580. The van der Waals surface area contributed by atoms with Crippen molar-refractivity contribution < 1.29 is 4.74 Å². The van der Waals surface area contributed by atoms with E-state index in [4.69, 9.17) is 10.6 Å². The lowest BCUT2D eigenvalue weighted by atomic mass is 10.1. The van der Waals surface area contributed by atoms with Crippen LogP contribution in [0.5, 0.6) is 0 Å². The Bertz CT molecular complexity index is 839. The summed E-state index contributed by atoms with van der Waals surface area (Å²) in [5, 5.41) is 10.3. The molecule has 1 aliphatic heterocycles. The average Bonchev–Trinajstić information content (AvgIpc) is 3.01. The molecule has 3 aromatic rings. The van der Waals surface area contributed by atoms with Crippen LogP contribution in [0.15, 0.2) is 41.7 Å². The summed E-state index contributed by atoms with van der Waals surface area (Å²) < 4.78 is 7.32. The maximum Gasteiger partial charge on any atom is 0.210 e. The number of fused-ring (bicyclic) bond motifs is 1. The van der Waals surface area contributed by atoms with Crippen LogP contribution in [0, 0.1) is 0 Å². The lowest BCUT2D eigenvalue weighted by Gasteiger charge is -2.21. The van der Waals surface area contributed by atoms with Crippen LogP contribution in [0.2, 0.25) is 0 Å². The third-order valence-corrected chi connectivity index (χ3v) is 5.22. The standard InChI is InChI=1S/C17H19N5OS/c18-22-16(14-8-1-2-10-23-14)20-21-17(22)24-11-13-6-3-5-12-7-4-9-19-15(12)13/h3-7,9,14H,1-2,8,10-11,18H2. The van der Waals surface area contributed by atoms with Crippen LogP contribution in [0.3, 0.4) is 0 Å². The molecular weight excluding hydrogens is 322 g/mol. The lowest BCUT2D eigenvalue weighted by molar-refractivity contribution is 0.00780. The van der Waals surface area contributed by atoms with Gasteiger partial charge in [-0.15, -0.1) is 10.2 Å². The van der Waals surface area contributed by atoms with Gasteiger partial charge in [-0.3, -0.25) is 4.98 Å². The molecule has 0 saturated carbocycles. The van der Waals surface area contributed by atoms with Crippen molar-refractivity contribution in [2.75, 3.05) is 12.4 Å². The first-order valence-corrected chi connectivity index (χ1v) is 9.09. The van der Waals surface area contributed by atoms with Gasteiger partial charge in [-0.25, -0.2) is 4.68 Å². The van der Waals surface area contributed by atoms with Gasteiger partial charge in [-0.2, -0.15) is 0 Å². The minimum atomic E-state index is -0.0372. The first-order chi connectivity index (χ1) is 11.8. The number of benzene rings is 1. The van der Waals surface area contributed by atoms with Gasteiger partial charge >= 0.3 is 0 Å². The Morgan fingerprint density at radius 3 is 3.00 bits per heavy atom. The molecule has 4 rings (SSSR count). The van der Waals surface area contributed by atoms with Gasteiger partial charge < -0.3 is 10.6 Å². The van der Waals surface area contributed by atoms with Crippen molar-refractivity contribution in [2.45, 2.75) is 36.3 Å². The second kappa shape index (κ2) is 6.78. The Kier molecular flexibility index (Phi) is 4.36. The van der Waals surface area contributed by atoms with Crippen molar-refractivity contribution in [3.63, 3.8) is 0 Å². The predicted molar refractivity (Wildman–Crippen MR) is 94.0 cm³/mol. The van der Waals surface area contributed by atoms with Crippen molar-refractivity contribution in [1.29, 1.82) is 0 Å². The third-order valence-electron chi connectivity index (χ3n) is 4.23. The number of thioether (sulfide) groups is 1. The molecule has 0 radical (unpaired) electrons. The van der Waals surface area contributed by atoms with E-state index in [-0.39, 0.29) is 6.10 Å². The Balaban J connectivity index is 1.52. The number of hydrogen-bond acceptors (Lipinski definition) is 6. The first kappa shape index (κ1) is 15.4. The van der Waals surface area contributed by atoms with Crippen LogP contribution in [0.1, 0.15) is 36.8 Å². The minimum absolute atomic E-state index is 0.0372. The van der Waals surface area contributed by atoms with Gasteiger partial charge in [0.15, 0.2) is 5.82 Å². The van der Waals surface area contributed by atoms with E-state index >= 15 is 0 Å². The van der Waals surface area contributed by atoms with Gasteiger partial charge in [0, 0.05) is 23.9 Å². The number of para-hydroxylation sites is 1. The number of aromatic nitrogens is 4. The highest BCUT2D eigenvalue weighted by Gasteiger charge is 2.23. The molecule has 1 saturated heterocycles. The minimum Gasteiger partial charge on any atom is -0.370 e. The number of pyridine rings is 1. The van der Waals surface area contributed by atoms with E-state index < -0.39 is 0 Å². The molecule has 1 fully saturated rings. The van der Waals surface area contributed by atoms with E-state index in [0.29, 0.717) is 11.0 Å². The third kappa shape index (κ3) is 2.97. The number of rotatable bonds is 4. The molecule has 0 bridgehead atoms. The largest absolute Gasteiger partial charge is 0.370 e. The van der Waals surface area contributed by atoms with E-state index in [9.17, 15) is 0 Å². The van der Waals surface area contributed by atoms with Gasteiger partial charge in [-0.05, 0) is 30.9 Å². The fourth-order valence-electron chi connectivity index (χ4n) is 2.98. The highest BCUT2D eigenvalue weighted by atomic mass is 32.2. The van der Waals surface area contributed by atoms with Crippen molar-refractivity contribution >= 4 is 22.7 Å². The van der Waals surface area contributed by atoms with E-state index in [1.165, 1.54) is 0 Å². The molecule has 1 aliphatic rings. The molecule has 0 amide bonds. The van der Waals surface area contributed by atoms with E-state index in [0.717, 1.165) is 48.1 Å². The van der Waals surface area contributed by atoms with E-state index in [2.05, 4.69) is 33.4 Å². The maximum absolute atomic E-state index is 6.19. The first-order valence-electron chi connectivity index (χ1n) is 8.10. The monoisotopic (exact) mass is 341 g/mol. The molecular formula is C17H19N5OS. The highest BCUT2D eigenvalue weighted by molar-refractivity contribution is 7.98. The number of hydrogen-bond donors (Lipinski definition) is 1. The second-order valence-electron chi connectivity index (χ2n) is 5.85. The summed E-state index contributed by atoms with van der Waals surface area (Å²) in [5.41, 5.74) is 2.18. The smallest absolute Gasteiger partial charge is 0.210 e. The van der Waals surface area contributed by atoms with Gasteiger partial charge in [0.1, 0.15) is 6.10 Å². The molecule has 1 aromatic carbocycles. The molecule has 1 atom stereocenters. The number of ether oxygens (including phenoxy) is 1. The van der Waals surface area contributed by atoms with E-state index in [1.54, 1.807) is 16.4 Å². The number of nitrogen functional groups attached to an aromatic ring is 1. The topological polar surface area (TPSA) is 78.9 Å². The van der Waals surface area contributed by atoms with Crippen LogP contribution < -0.4 is 5.84 Å². The maximum atomic E-state index is 6.19. The highest BCUT2D eigenvalue weighted by Crippen LogP contribution is 2.29. The second-order valence-corrected chi connectivity index (χ2v) is 6.79. The van der Waals surface area contributed by atoms with Crippen LogP contribution in [-0.4, -0.2) is 26.5 Å².